The van der Waals surface area contributed by atoms with Gasteiger partial charge in [-0.2, -0.15) is 13.2 Å². The Balaban J connectivity index is 1.39. The Bertz CT molecular complexity index is 1530. The van der Waals surface area contributed by atoms with Crippen LogP contribution in [0.15, 0.2) is 79.0 Å². The van der Waals surface area contributed by atoms with E-state index < -0.39 is 11.7 Å². The molecule has 4 aromatic rings. The van der Waals surface area contributed by atoms with Crippen LogP contribution in [-0.4, -0.2) is 24.0 Å². The molecule has 0 radical (unpaired) electrons. The Morgan fingerprint density at radius 2 is 1.77 bits per heavy atom. The van der Waals surface area contributed by atoms with Gasteiger partial charge < -0.3 is 15.5 Å². The van der Waals surface area contributed by atoms with Crippen molar-refractivity contribution < 1.29 is 18.0 Å². The quantitative estimate of drug-likeness (QED) is 0.253. The third-order valence-corrected chi connectivity index (χ3v) is 6.89. The topological polar surface area (TPSA) is 57.3 Å². The van der Waals surface area contributed by atoms with Gasteiger partial charge in [0.2, 0.25) is 0 Å². The molecule has 10 heteroatoms. The summed E-state index contributed by atoms with van der Waals surface area (Å²) in [6.45, 7) is 1.35. The first-order valence-electron chi connectivity index (χ1n) is 12.1. The highest BCUT2D eigenvalue weighted by Gasteiger charge is 2.34. The highest BCUT2D eigenvalue weighted by molar-refractivity contribution is 6.30. The van der Waals surface area contributed by atoms with Gasteiger partial charge in [0.05, 0.1) is 11.3 Å². The number of rotatable bonds is 6. The van der Waals surface area contributed by atoms with Crippen LogP contribution in [-0.2, 0) is 19.3 Å². The number of hydrogen-bond acceptors (Lipinski definition) is 4. The zero-order chi connectivity index (χ0) is 27.6. The molecule has 0 spiro atoms. The van der Waals surface area contributed by atoms with Crippen LogP contribution in [0.2, 0.25) is 10.0 Å². The van der Waals surface area contributed by atoms with Gasteiger partial charge in [-0.05, 0) is 65.2 Å². The number of amides is 1. The van der Waals surface area contributed by atoms with Crippen LogP contribution in [0, 0.1) is 0 Å². The molecule has 1 amide bonds. The van der Waals surface area contributed by atoms with Gasteiger partial charge in [-0.25, -0.2) is 4.98 Å². The van der Waals surface area contributed by atoms with Gasteiger partial charge in [0.25, 0.3) is 5.91 Å². The third kappa shape index (κ3) is 6.29. The van der Waals surface area contributed by atoms with Crippen LogP contribution in [0.3, 0.4) is 0 Å². The Labute approximate surface area is 233 Å². The molecule has 0 saturated heterocycles. The summed E-state index contributed by atoms with van der Waals surface area (Å²) in [5.41, 5.74) is 2.88. The number of nitrogens with one attached hydrogen (secondary N) is 2. The van der Waals surface area contributed by atoms with Crippen LogP contribution in [0.5, 0.6) is 0 Å². The predicted octanol–water partition coefficient (Wildman–Crippen LogP) is 7.44. The van der Waals surface area contributed by atoms with Crippen LogP contribution in [0.1, 0.15) is 27.0 Å². The number of pyridine rings is 1. The van der Waals surface area contributed by atoms with Gasteiger partial charge in [-0.1, -0.05) is 47.5 Å². The van der Waals surface area contributed by atoms with E-state index in [0.717, 1.165) is 22.8 Å². The van der Waals surface area contributed by atoms with E-state index in [1.807, 2.05) is 29.2 Å². The summed E-state index contributed by atoms with van der Waals surface area (Å²) in [7, 11) is 0. The summed E-state index contributed by atoms with van der Waals surface area (Å²) in [6, 6.07) is 19.9. The summed E-state index contributed by atoms with van der Waals surface area (Å²) in [6.07, 6.45) is -2.82. The highest BCUT2D eigenvalue weighted by atomic mass is 35.5. The highest BCUT2D eigenvalue weighted by Crippen LogP contribution is 2.37. The molecule has 0 bridgehead atoms. The standard InChI is InChI=1S/C29H23Cl2F3N4O/c30-23-6-1-3-18(11-23)15-37-28(39)20-5-2-4-19(12-20)21-14-26-27(36-16-21)35-9-10-38(26)17-22-13-24(31)7-8-25(22)29(32,33)34/h1-8,11-14,16H,9-10,15,17H2,(H,35,36)(H,37,39). The Hall–Kier alpha value is -3.75. The van der Waals surface area contributed by atoms with Crippen LogP contribution in [0.4, 0.5) is 24.7 Å². The average Bonchev–Trinajstić information content (AvgIpc) is 2.91. The molecular formula is C29H23Cl2F3N4O. The van der Waals surface area contributed by atoms with Crippen LogP contribution < -0.4 is 15.5 Å². The van der Waals surface area contributed by atoms with Gasteiger partial charge in [0.15, 0.2) is 0 Å². The van der Waals surface area contributed by atoms with Gasteiger partial charge in [-0.3, -0.25) is 4.79 Å². The van der Waals surface area contributed by atoms with Crippen molar-refractivity contribution >= 4 is 40.6 Å². The van der Waals surface area contributed by atoms with Crippen molar-refractivity contribution in [1.29, 1.82) is 0 Å². The largest absolute Gasteiger partial charge is 0.416 e. The lowest BCUT2D eigenvalue weighted by molar-refractivity contribution is -0.138. The SMILES string of the molecule is O=C(NCc1cccc(Cl)c1)c1cccc(-c2cnc3c(c2)N(Cc2cc(Cl)ccc2C(F)(F)F)CCN3)c1. The first-order chi connectivity index (χ1) is 18.7. The maximum absolute atomic E-state index is 13.7. The molecule has 3 aromatic carbocycles. The molecule has 1 aromatic heterocycles. The molecule has 5 nitrogen and oxygen atoms in total. The summed E-state index contributed by atoms with van der Waals surface area (Å²) < 4.78 is 41.0. The zero-order valence-corrected chi connectivity index (χ0v) is 22.0. The predicted molar refractivity (Wildman–Crippen MR) is 148 cm³/mol. The second-order valence-electron chi connectivity index (χ2n) is 9.13. The van der Waals surface area contributed by atoms with E-state index in [2.05, 4.69) is 15.6 Å². The maximum Gasteiger partial charge on any atom is 0.416 e. The van der Waals surface area contributed by atoms with Crippen LogP contribution in [0.25, 0.3) is 11.1 Å². The number of nitrogens with zero attached hydrogens (tertiary/aromatic N) is 2. The lowest BCUT2D eigenvalue weighted by Crippen LogP contribution is -2.34. The molecule has 39 heavy (non-hydrogen) atoms. The fraction of sp³-hybridized carbons (Fsp3) is 0.172. The number of carbonyl (C=O) groups is 1. The molecule has 0 saturated carbocycles. The van der Waals surface area contributed by atoms with E-state index in [-0.39, 0.29) is 23.0 Å². The van der Waals surface area contributed by atoms with E-state index in [0.29, 0.717) is 41.7 Å². The molecular weight excluding hydrogens is 548 g/mol. The minimum Gasteiger partial charge on any atom is -0.367 e. The van der Waals surface area contributed by atoms with Gasteiger partial charge in [-0.15, -0.1) is 0 Å². The second kappa shape index (κ2) is 11.2. The van der Waals surface area contributed by atoms with Crippen molar-refractivity contribution in [3.8, 4) is 11.1 Å². The number of carbonyl (C=O) groups excluding carboxylic acids is 1. The maximum atomic E-state index is 13.7. The minimum absolute atomic E-state index is 0.0150. The summed E-state index contributed by atoms with van der Waals surface area (Å²) >= 11 is 12.1. The zero-order valence-electron chi connectivity index (χ0n) is 20.5. The fourth-order valence-corrected chi connectivity index (χ4v) is 4.94. The Kier molecular flexibility index (Phi) is 7.68. The van der Waals surface area contributed by atoms with Gasteiger partial charge in [0, 0.05) is 53.5 Å². The number of hydrogen-bond donors (Lipinski definition) is 2. The molecule has 200 valence electrons. The monoisotopic (exact) mass is 570 g/mol. The Morgan fingerprint density at radius 1 is 0.974 bits per heavy atom. The van der Waals surface area contributed by atoms with E-state index >= 15 is 0 Å². The molecule has 0 fully saturated rings. The lowest BCUT2D eigenvalue weighted by atomic mass is 10.0. The van der Waals surface area contributed by atoms with Gasteiger partial charge in [0.1, 0.15) is 5.82 Å². The molecule has 1 aliphatic rings. The fourth-order valence-electron chi connectivity index (χ4n) is 4.53. The van der Waals surface area contributed by atoms with E-state index in [9.17, 15) is 18.0 Å². The second-order valence-corrected chi connectivity index (χ2v) is 10.0. The smallest absolute Gasteiger partial charge is 0.367 e. The van der Waals surface area contributed by atoms with E-state index in [1.165, 1.54) is 12.1 Å². The van der Waals surface area contributed by atoms with Crippen molar-refractivity contribution in [1.82, 2.24) is 10.3 Å². The van der Waals surface area contributed by atoms with Gasteiger partial charge >= 0.3 is 6.18 Å². The molecule has 0 atom stereocenters. The number of aromatic nitrogens is 1. The summed E-state index contributed by atoms with van der Waals surface area (Å²) in [4.78, 5) is 19.2. The molecule has 0 aliphatic carbocycles. The van der Waals surface area contributed by atoms with Crippen molar-refractivity contribution in [3.63, 3.8) is 0 Å². The van der Waals surface area contributed by atoms with E-state index in [4.69, 9.17) is 23.2 Å². The number of benzene rings is 3. The number of anilines is 2. The summed E-state index contributed by atoms with van der Waals surface area (Å²) in [5, 5.41) is 6.93. The average molecular weight is 571 g/mol. The molecule has 2 heterocycles. The van der Waals surface area contributed by atoms with Crippen molar-refractivity contribution in [3.05, 3.63) is 111 Å². The number of alkyl halides is 3. The van der Waals surface area contributed by atoms with Crippen molar-refractivity contribution in [2.45, 2.75) is 19.3 Å². The first-order valence-corrected chi connectivity index (χ1v) is 12.9. The minimum atomic E-state index is -4.50. The van der Waals surface area contributed by atoms with Crippen molar-refractivity contribution in [2.24, 2.45) is 0 Å². The third-order valence-electron chi connectivity index (χ3n) is 6.42. The van der Waals surface area contributed by atoms with Crippen LogP contribution >= 0.6 is 23.2 Å². The summed E-state index contributed by atoms with van der Waals surface area (Å²) in [5.74, 6) is 0.336. The Morgan fingerprint density at radius 3 is 2.56 bits per heavy atom. The van der Waals surface area contributed by atoms with Crippen molar-refractivity contribution in [2.75, 3.05) is 23.3 Å². The molecule has 2 N–H and O–H groups in total. The lowest BCUT2D eigenvalue weighted by Gasteiger charge is -2.32. The normalized spacial score (nSPS) is 13.0. The van der Waals surface area contributed by atoms with E-state index in [1.54, 1.807) is 36.5 Å². The number of halogens is 5. The number of fused-ring (bicyclic) bond motifs is 1. The first kappa shape index (κ1) is 26.8. The molecule has 5 rings (SSSR count). The molecule has 1 aliphatic heterocycles. The molecule has 0 unspecified atom stereocenters.